The first-order valence-electron chi connectivity index (χ1n) is 26.4. The highest BCUT2D eigenvalue weighted by Gasteiger charge is 2.63. The molecule has 2 aliphatic heterocycles. The molecule has 8 heteroatoms. The van der Waals surface area contributed by atoms with E-state index in [2.05, 4.69) is 191 Å². The van der Waals surface area contributed by atoms with Gasteiger partial charge in [-0.15, -0.1) is 0 Å². The van der Waals surface area contributed by atoms with Crippen molar-refractivity contribution >= 4 is 87.5 Å². The van der Waals surface area contributed by atoms with E-state index in [0.717, 1.165) is 155 Å². The fourth-order valence-corrected chi connectivity index (χ4v) is 14.4. The maximum atomic E-state index is 8.07. The number of fused-ring (bicyclic) bond motifs is 28. The summed E-state index contributed by atoms with van der Waals surface area (Å²) in [5.41, 5.74) is 10.7. The Hall–Kier alpha value is -10.4. The van der Waals surface area contributed by atoms with Crippen molar-refractivity contribution < 1.29 is 27.1 Å². The molecule has 0 fully saturated rings. The number of hydrogen-bond donors (Lipinski definition) is 0. The van der Waals surface area contributed by atoms with E-state index in [4.69, 9.17) is 27.1 Å². The van der Waals surface area contributed by atoms with E-state index in [9.17, 15) is 0 Å². The van der Waals surface area contributed by atoms with Crippen LogP contribution in [0.5, 0.6) is 23.0 Å². The number of nitrogens with zero attached hydrogens (tertiary/aromatic N) is 2. The molecule has 0 unspecified atom stereocenters. The van der Waals surface area contributed by atoms with E-state index in [1.807, 2.05) is 48.5 Å². The zero-order valence-electron chi connectivity index (χ0n) is 41.3. The SMILES string of the molecule is c1ccc2c(c1)Oc1ccccc1C21c2cc(-n3c4ccccc4c4c5c(ccc43)oc3ccccc35)oc2C2(c3ccccc3Oc3ccccc32)c2cc(-n3c4ccccc4c4c5c(ccc43)oc3ccccc35)oc21. The zero-order chi connectivity index (χ0) is 50.6. The van der Waals surface area contributed by atoms with E-state index in [1.165, 1.54) is 0 Å². The van der Waals surface area contributed by atoms with Gasteiger partial charge in [0.05, 0.1) is 22.1 Å². The zero-order valence-corrected chi connectivity index (χ0v) is 41.3. The van der Waals surface area contributed by atoms with Gasteiger partial charge in [0.25, 0.3) is 0 Å². The third-order valence-corrected chi connectivity index (χ3v) is 17.3. The third-order valence-electron chi connectivity index (χ3n) is 17.3. The van der Waals surface area contributed by atoms with Crippen LogP contribution in [-0.4, -0.2) is 9.13 Å². The van der Waals surface area contributed by atoms with E-state index < -0.39 is 10.8 Å². The average Bonchev–Trinajstić information content (AvgIpc) is 3.58. The largest absolute Gasteiger partial charge is 0.457 e. The van der Waals surface area contributed by atoms with Gasteiger partial charge >= 0.3 is 0 Å². The molecular weight excluding hydrogens is 965 g/mol. The molecule has 0 atom stereocenters. The summed E-state index contributed by atoms with van der Waals surface area (Å²) in [6, 6.07) is 80.6. The second-order valence-electron chi connectivity index (χ2n) is 20.9. The molecule has 0 N–H and O–H groups in total. The minimum absolute atomic E-state index is 0.657. The first-order valence-corrected chi connectivity index (χ1v) is 26.4. The van der Waals surface area contributed by atoms with Gasteiger partial charge in [-0.05, 0) is 72.8 Å². The van der Waals surface area contributed by atoms with Gasteiger partial charge in [-0.3, -0.25) is 9.13 Å². The summed E-state index contributed by atoms with van der Waals surface area (Å²) in [6.07, 6.45) is 0. The van der Waals surface area contributed by atoms with Crippen LogP contribution in [0.1, 0.15) is 44.9 Å². The highest BCUT2D eigenvalue weighted by molar-refractivity contribution is 6.28. The van der Waals surface area contributed by atoms with E-state index >= 15 is 0 Å². The van der Waals surface area contributed by atoms with Crippen molar-refractivity contribution in [3.8, 4) is 34.8 Å². The van der Waals surface area contributed by atoms with Crippen LogP contribution in [0.2, 0.25) is 0 Å². The number of furan rings is 4. The second kappa shape index (κ2) is 14.3. The lowest BCUT2D eigenvalue weighted by Gasteiger charge is -2.48. The molecule has 19 rings (SSSR count). The van der Waals surface area contributed by atoms with E-state index in [1.54, 1.807) is 0 Å². The predicted octanol–water partition coefficient (Wildman–Crippen LogP) is 18.2. The number of benzene rings is 10. The Kier molecular flexibility index (Phi) is 7.48. The highest BCUT2D eigenvalue weighted by atomic mass is 16.5. The Labute approximate surface area is 442 Å². The summed E-state index contributed by atoms with van der Waals surface area (Å²) in [5, 5.41) is 8.65. The molecule has 0 bridgehead atoms. The smallest absolute Gasteiger partial charge is 0.205 e. The van der Waals surface area contributed by atoms with Crippen molar-refractivity contribution in [1.29, 1.82) is 0 Å². The van der Waals surface area contributed by atoms with Crippen molar-refractivity contribution in [2.75, 3.05) is 0 Å². The molecule has 8 heterocycles. The summed E-state index contributed by atoms with van der Waals surface area (Å²) < 4.78 is 47.8. The van der Waals surface area contributed by atoms with Gasteiger partial charge in [0.2, 0.25) is 11.8 Å². The number of hydrogen-bond acceptors (Lipinski definition) is 6. The van der Waals surface area contributed by atoms with Crippen LogP contribution in [0.3, 0.4) is 0 Å². The average molecular weight is 1000 g/mol. The van der Waals surface area contributed by atoms with Crippen molar-refractivity contribution in [1.82, 2.24) is 9.13 Å². The van der Waals surface area contributed by atoms with Gasteiger partial charge < -0.3 is 27.1 Å². The Morgan fingerprint density at radius 1 is 0.256 bits per heavy atom. The molecule has 10 aromatic carbocycles. The monoisotopic (exact) mass is 1000 g/mol. The van der Waals surface area contributed by atoms with Crippen LogP contribution in [0.15, 0.2) is 248 Å². The molecule has 364 valence electrons. The lowest BCUT2D eigenvalue weighted by atomic mass is 9.54. The Balaban J connectivity index is 1.01. The molecule has 0 saturated carbocycles. The molecule has 2 spiro atoms. The summed E-state index contributed by atoms with van der Waals surface area (Å²) in [5.74, 6) is 5.74. The first kappa shape index (κ1) is 40.9. The lowest BCUT2D eigenvalue weighted by molar-refractivity contribution is 0.348. The first-order chi connectivity index (χ1) is 38.7. The molecule has 0 amide bonds. The fraction of sp³-hybridized carbons (Fsp3) is 0.0286. The highest BCUT2D eigenvalue weighted by Crippen LogP contribution is 2.68. The minimum Gasteiger partial charge on any atom is -0.457 e. The normalized spacial score (nSPS) is 14.6. The summed E-state index contributed by atoms with van der Waals surface area (Å²) in [4.78, 5) is 0. The molecule has 1 aliphatic carbocycles. The summed E-state index contributed by atoms with van der Waals surface area (Å²) in [6.45, 7) is 0. The molecule has 6 aromatic heterocycles. The van der Waals surface area contributed by atoms with Crippen molar-refractivity contribution in [2.45, 2.75) is 10.8 Å². The molecule has 16 aromatic rings. The maximum Gasteiger partial charge on any atom is 0.205 e. The topological polar surface area (TPSA) is 80.9 Å². The van der Waals surface area contributed by atoms with Crippen LogP contribution >= 0.6 is 0 Å². The Morgan fingerprint density at radius 3 is 1.01 bits per heavy atom. The summed E-state index contributed by atoms with van der Waals surface area (Å²) >= 11 is 0. The van der Waals surface area contributed by atoms with Crippen molar-refractivity contribution in [3.63, 3.8) is 0 Å². The summed E-state index contributed by atoms with van der Waals surface area (Å²) in [7, 11) is 0. The third kappa shape index (κ3) is 4.76. The quantitative estimate of drug-likeness (QED) is 0.172. The number of para-hydroxylation sites is 8. The van der Waals surface area contributed by atoms with Gasteiger partial charge in [-0.2, -0.15) is 0 Å². The van der Waals surface area contributed by atoms with Gasteiger partial charge in [-0.25, -0.2) is 0 Å². The fourth-order valence-electron chi connectivity index (χ4n) is 14.4. The van der Waals surface area contributed by atoms with Crippen LogP contribution < -0.4 is 9.47 Å². The van der Waals surface area contributed by atoms with Gasteiger partial charge in [0.1, 0.15) is 67.7 Å². The number of ether oxygens (including phenoxy) is 2. The van der Waals surface area contributed by atoms with Gasteiger partial charge in [-0.1, -0.05) is 146 Å². The van der Waals surface area contributed by atoms with Crippen LogP contribution in [-0.2, 0) is 10.8 Å². The standard InChI is InChI=1S/C70H38N2O6/c1-9-25-49-39(17-1)63-51(33-35-59-65(63)41-19-3-11-27-53(41)73-59)71(49)61-37-47-67(77-61)70(45-23-7-15-31-57(45)76-58-32-16-8-24-46(58)70)48-38-62(78-68(48)69(47)43-21-5-13-29-55(43)75-56-30-14-6-22-44(56)69)72-50-26-10-2-18-40(50)64-52(72)34-36-60-66(64)42-20-4-12-28-54(42)74-60/h1-38H. The Bertz CT molecular complexity index is 4850. The molecule has 78 heavy (non-hydrogen) atoms. The van der Waals surface area contributed by atoms with E-state index in [0.29, 0.717) is 11.8 Å². The second-order valence-corrected chi connectivity index (χ2v) is 20.9. The molecular formula is C70H38N2O6. The van der Waals surface area contributed by atoms with Crippen LogP contribution in [0, 0.1) is 0 Å². The maximum absolute atomic E-state index is 8.07. The van der Waals surface area contributed by atoms with Crippen LogP contribution in [0.4, 0.5) is 0 Å². The van der Waals surface area contributed by atoms with Crippen molar-refractivity contribution in [3.05, 3.63) is 275 Å². The molecule has 3 aliphatic rings. The predicted molar refractivity (Wildman–Crippen MR) is 305 cm³/mol. The van der Waals surface area contributed by atoms with Gasteiger partial charge in [0.15, 0.2) is 0 Å². The number of aromatic nitrogens is 2. The number of rotatable bonds is 2. The Morgan fingerprint density at radius 2 is 0.603 bits per heavy atom. The van der Waals surface area contributed by atoms with Crippen LogP contribution in [0.25, 0.3) is 99.3 Å². The van der Waals surface area contributed by atoms with Crippen molar-refractivity contribution in [2.24, 2.45) is 0 Å². The van der Waals surface area contributed by atoms with Gasteiger partial charge in [0, 0.05) is 88.6 Å². The molecule has 8 nitrogen and oxygen atoms in total. The minimum atomic E-state index is -1.14. The lowest BCUT2D eigenvalue weighted by Crippen LogP contribution is -2.46. The molecule has 0 saturated heterocycles. The molecule has 0 radical (unpaired) electrons. The van der Waals surface area contributed by atoms with E-state index in [-0.39, 0.29) is 0 Å².